The zero-order valence-corrected chi connectivity index (χ0v) is 11.5. The van der Waals surface area contributed by atoms with Crippen LogP contribution in [0.2, 0.25) is 5.02 Å². The molecule has 1 saturated carbocycles. The minimum Gasteiger partial charge on any atom is -0.476 e. The zero-order valence-electron chi connectivity index (χ0n) is 10.7. The molecule has 0 aromatic carbocycles. The first-order chi connectivity index (χ1) is 8.79. The van der Waals surface area contributed by atoms with Gasteiger partial charge in [0, 0.05) is 12.7 Å². The first-order valence-electron chi connectivity index (χ1n) is 6.77. The maximum Gasteiger partial charge on any atom is 0.232 e. The van der Waals surface area contributed by atoms with E-state index in [0.29, 0.717) is 23.4 Å². The lowest BCUT2D eigenvalue weighted by Gasteiger charge is -2.15. The highest BCUT2D eigenvalue weighted by molar-refractivity contribution is 6.31. The molecule has 1 heterocycles. The summed E-state index contributed by atoms with van der Waals surface area (Å²) in [4.78, 5) is 4.22. The molecule has 1 aromatic heterocycles. The molecule has 0 aliphatic heterocycles. The van der Waals surface area contributed by atoms with Crippen molar-refractivity contribution in [3.63, 3.8) is 0 Å². The van der Waals surface area contributed by atoms with Gasteiger partial charge in [0.2, 0.25) is 5.88 Å². The van der Waals surface area contributed by atoms with Crippen LogP contribution in [0.4, 0.5) is 0 Å². The molecule has 1 aliphatic rings. The summed E-state index contributed by atoms with van der Waals surface area (Å²) in [7, 11) is 0. The Morgan fingerprint density at radius 1 is 1.28 bits per heavy atom. The number of halogens is 1. The number of ether oxygens (including phenoxy) is 1. The second-order valence-corrected chi connectivity index (χ2v) is 5.41. The first-order valence-corrected chi connectivity index (χ1v) is 7.14. The highest BCUT2D eigenvalue weighted by atomic mass is 35.5. The number of hydrogen-bond acceptors (Lipinski definition) is 3. The van der Waals surface area contributed by atoms with Gasteiger partial charge < -0.3 is 10.5 Å². The van der Waals surface area contributed by atoms with Crippen LogP contribution in [0.25, 0.3) is 0 Å². The lowest BCUT2D eigenvalue weighted by Crippen LogP contribution is -2.12. The van der Waals surface area contributed by atoms with Gasteiger partial charge in [-0.3, -0.25) is 0 Å². The molecule has 3 nitrogen and oxygen atoms in total. The van der Waals surface area contributed by atoms with Crippen LogP contribution < -0.4 is 10.5 Å². The SMILES string of the molecule is NCc1cnc(OCC2CCCCCC2)c(Cl)c1. The van der Waals surface area contributed by atoms with E-state index in [4.69, 9.17) is 22.1 Å². The van der Waals surface area contributed by atoms with Crippen molar-refractivity contribution in [3.05, 3.63) is 22.8 Å². The summed E-state index contributed by atoms with van der Waals surface area (Å²) in [5, 5.41) is 0.562. The minimum absolute atomic E-state index is 0.454. The molecule has 100 valence electrons. The summed E-state index contributed by atoms with van der Waals surface area (Å²) in [6.45, 7) is 1.18. The Morgan fingerprint density at radius 3 is 2.61 bits per heavy atom. The first kappa shape index (κ1) is 13.6. The number of aromatic nitrogens is 1. The normalized spacial score (nSPS) is 17.4. The highest BCUT2D eigenvalue weighted by Gasteiger charge is 2.14. The second kappa shape index (κ2) is 6.95. The van der Waals surface area contributed by atoms with Crippen LogP contribution >= 0.6 is 11.6 Å². The van der Waals surface area contributed by atoms with E-state index in [0.717, 1.165) is 12.2 Å². The van der Waals surface area contributed by atoms with Gasteiger partial charge in [-0.1, -0.05) is 37.3 Å². The zero-order chi connectivity index (χ0) is 12.8. The van der Waals surface area contributed by atoms with Gasteiger partial charge in [0.25, 0.3) is 0 Å². The van der Waals surface area contributed by atoms with E-state index in [1.165, 1.54) is 38.5 Å². The van der Waals surface area contributed by atoms with E-state index >= 15 is 0 Å². The molecule has 2 rings (SSSR count). The van der Waals surface area contributed by atoms with Crippen LogP contribution in [0.15, 0.2) is 12.3 Å². The summed E-state index contributed by atoms with van der Waals surface area (Å²) in [6, 6.07) is 1.83. The molecular weight excluding hydrogens is 248 g/mol. The summed E-state index contributed by atoms with van der Waals surface area (Å²) in [5.41, 5.74) is 6.47. The molecule has 1 fully saturated rings. The van der Waals surface area contributed by atoms with E-state index in [1.807, 2.05) is 6.07 Å². The minimum atomic E-state index is 0.454. The Labute approximate surface area is 114 Å². The quantitative estimate of drug-likeness (QED) is 0.850. The number of hydrogen-bond donors (Lipinski definition) is 1. The van der Waals surface area contributed by atoms with Crippen LogP contribution in [-0.4, -0.2) is 11.6 Å². The van der Waals surface area contributed by atoms with Gasteiger partial charge in [-0.25, -0.2) is 4.98 Å². The van der Waals surface area contributed by atoms with Crippen molar-refractivity contribution in [2.75, 3.05) is 6.61 Å². The van der Waals surface area contributed by atoms with Crippen LogP contribution in [0.3, 0.4) is 0 Å². The maximum atomic E-state index is 6.12. The Kier molecular flexibility index (Phi) is 5.26. The standard InChI is InChI=1S/C14H21ClN2O/c15-13-7-12(8-16)9-17-14(13)18-10-11-5-3-1-2-4-6-11/h7,9,11H,1-6,8,10,16H2. The van der Waals surface area contributed by atoms with Crippen LogP contribution in [-0.2, 0) is 6.54 Å². The average molecular weight is 269 g/mol. The van der Waals surface area contributed by atoms with Gasteiger partial charge in [-0.05, 0) is 30.4 Å². The molecule has 18 heavy (non-hydrogen) atoms. The van der Waals surface area contributed by atoms with E-state index in [2.05, 4.69) is 4.98 Å². The van der Waals surface area contributed by atoms with Crippen molar-refractivity contribution in [3.8, 4) is 5.88 Å². The van der Waals surface area contributed by atoms with Crippen molar-refractivity contribution in [2.45, 2.75) is 45.1 Å². The summed E-state index contributed by atoms with van der Waals surface area (Å²) < 4.78 is 5.75. The third-order valence-corrected chi connectivity index (χ3v) is 3.80. The van der Waals surface area contributed by atoms with Gasteiger partial charge in [-0.2, -0.15) is 0 Å². The van der Waals surface area contributed by atoms with Crippen molar-refractivity contribution in [2.24, 2.45) is 11.7 Å². The summed E-state index contributed by atoms with van der Waals surface area (Å²) >= 11 is 6.12. The lowest BCUT2D eigenvalue weighted by molar-refractivity contribution is 0.226. The highest BCUT2D eigenvalue weighted by Crippen LogP contribution is 2.26. The molecule has 0 unspecified atom stereocenters. The molecular formula is C14H21ClN2O. The number of rotatable bonds is 4. The predicted molar refractivity (Wildman–Crippen MR) is 73.8 cm³/mol. The van der Waals surface area contributed by atoms with E-state index in [1.54, 1.807) is 6.20 Å². The molecule has 1 aromatic rings. The van der Waals surface area contributed by atoms with Crippen LogP contribution in [0.1, 0.15) is 44.1 Å². The van der Waals surface area contributed by atoms with Crippen molar-refractivity contribution in [1.29, 1.82) is 0 Å². The summed E-state index contributed by atoms with van der Waals surface area (Å²) in [5.74, 6) is 1.19. The molecule has 0 bridgehead atoms. The van der Waals surface area contributed by atoms with Gasteiger partial charge >= 0.3 is 0 Å². The van der Waals surface area contributed by atoms with E-state index in [-0.39, 0.29) is 0 Å². The van der Waals surface area contributed by atoms with Crippen molar-refractivity contribution in [1.82, 2.24) is 4.98 Å². The van der Waals surface area contributed by atoms with E-state index < -0.39 is 0 Å². The Morgan fingerprint density at radius 2 is 2.00 bits per heavy atom. The van der Waals surface area contributed by atoms with Crippen molar-refractivity contribution >= 4 is 11.6 Å². The molecule has 0 spiro atoms. The van der Waals surface area contributed by atoms with Crippen LogP contribution in [0.5, 0.6) is 5.88 Å². The van der Waals surface area contributed by atoms with E-state index in [9.17, 15) is 0 Å². The fourth-order valence-corrected chi connectivity index (χ4v) is 2.65. The Bertz CT molecular complexity index is 376. The van der Waals surface area contributed by atoms with Crippen molar-refractivity contribution < 1.29 is 4.74 Å². The topological polar surface area (TPSA) is 48.1 Å². The smallest absolute Gasteiger partial charge is 0.232 e. The molecule has 4 heteroatoms. The molecule has 0 radical (unpaired) electrons. The molecule has 0 saturated heterocycles. The lowest BCUT2D eigenvalue weighted by atomic mass is 10.0. The number of pyridine rings is 1. The fourth-order valence-electron chi connectivity index (χ4n) is 2.41. The predicted octanol–water partition coefficient (Wildman–Crippen LogP) is 3.54. The fraction of sp³-hybridized carbons (Fsp3) is 0.643. The monoisotopic (exact) mass is 268 g/mol. The average Bonchev–Trinajstić information content (AvgIpc) is 2.66. The Balaban J connectivity index is 1.88. The second-order valence-electron chi connectivity index (χ2n) is 5.00. The van der Waals surface area contributed by atoms with Gasteiger partial charge in [-0.15, -0.1) is 0 Å². The largest absolute Gasteiger partial charge is 0.476 e. The molecule has 2 N–H and O–H groups in total. The third-order valence-electron chi connectivity index (χ3n) is 3.53. The molecule has 1 aliphatic carbocycles. The van der Waals surface area contributed by atoms with Gasteiger partial charge in [0.05, 0.1) is 6.61 Å². The number of nitrogens with zero attached hydrogens (tertiary/aromatic N) is 1. The summed E-state index contributed by atoms with van der Waals surface area (Å²) in [6.07, 6.45) is 9.62. The van der Waals surface area contributed by atoms with Gasteiger partial charge in [0.15, 0.2) is 0 Å². The molecule has 0 amide bonds. The maximum absolute atomic E-state index is 6.12. The number of nitrogens with two attached hydrogens (primary N) is 1. The van der Waals surface area contributed by atoms with Gasteiger partial charge in [0.1, 0.15) is 5.02 Å². The third kappa shape index (κ3) is 3.85. The molecule has 0 atom stereocenters. The van der Waals surface area contributed by atoms with Crippen LogP contribution in [0, 0.1) is 5.92 Å². The Hall–Kier alpha value is -0.800.